The van der Waals surface area contributed by atoms with Gasteiger partial charge in [-0.3, -0.25) is 9.59 Å². The average molecular weight is 286 g/mol. The van der Waals surface area contributed by atoms with Crippen LogP contribution in [0.4, 0.5) is 5.69 Å². The maximum atomic E-state index is 12.2. The molecule has 112 valence electrons. The van der Waals surface area contributed by atoms with Crippen LogP contribution >= 0.6 is 0 Å². The smallest absolute Gasteiger partial charge is 0.227 e. The van der Waals surface area contributed by atoms with Crippen molar-refractivity contribution in [2.45, 2.75) is 45.6 Å². The summed E-state index contributed by atoms with van der Waals surface area (Å²) in [7, 11) is 0. The fraction of sp³-hybridized carbons (Fsp3) is 0.529. The van der Waals surface area contributed by atoms with Crippen molar-refractivity contribution >= 4 is 17.5 Å². The number of anilines is 1. The summed E-state index contributed by atoms with van der Waals surface area (Å²) < 4.78 is 0. The lowest BCUT2D eigenvalue weighted by atomic mass is 10.1. The summed E-state index contributed by atoms with van der Waals surface area (Å²) in [6, 6.07) is 6.39. The molecule has 0 bridgehead atoms. The third kappa shape index (κ3) is 2.80. The van der Waals surface area contributed by atoms with Crippen molar-refractivity contribution in [2.24, 2.45) is 5.92 Å². The normalized spacial score (nSPS) is 21.0. The number of amides is 2. The minimum Gasteiger partial charge on any atom is -0.354 e. The van der Waals surface area contributed by atoms with Crippen LogP contribution in [0.3, 0.4) is 0 Å². The number of carbonyl (C=O) groups excluding carboxylic acids is 2. The summed E-state index contributed by atoms with van der Waals surface area (Å²) in [6.07, 6.45) is 3.76. The van der Waals surface area contributed by atoms with Gasteiger partial charge in [-0.1, -0.05) is 6.07 Å². The fourth-order valence-corrected chi connectivity index (χ4v) is 3.26. The Morgan fingerprint density at radius 3 is 2.81 bits per heavy atom. The van der Waals surface area contributed by atoms with Gasteiger partial charge in [0, 0.05) is 24.7 Å². The van der Waals surface area contributed by atoms with Gasteiger partial charge in [0.1, 0.15) is 0 Å². The molecule has 1 aromatic carbocycles. The van der Waals surface area contributed by atoms with Crippen LogP contribution < -0.4 is 10.2 Å². The number of nitrogens with one attached hydrogen (secondary N) is 1. The zero-order valence-corrected chi connectivity index (χ0v) is 12.7. The Balaban J connectivity index is 1.75. The van der Waals surface area contributed by atoms with Gasteiger partial charge in [-0.2, -0.15) is 0 Å². The number of hydrogen-bond acceptors (Lipinski definition) is 2. The molecule has 0 spiro atoms. The number of rotatable bonds is 3. The molecule has 0 unspecified atom stereocenters. The first-order valence-electron chi connectivity index (χ1n) is 7.77. The number of fused-ring (bicyclic) bond motifs is 1. The monoisotopic (exact) mass is 286 g/mol. The molecule has 21 heavy (non-hydrogen) atoms. The van der Waals surface area contributed by atoms with Gasteiger partial charge in [0.05, 0.1) is 5.92 Å². The molecule has 1 aliphatic heterocycles. The van der Waals surface area contributed by atoms with Crippen LogP contribution in [0.2, 0.25) is 0 Å². The standard InChI is InChI=1S/C17H22N2O2/c1-11(2)18-17(21)14-9-16(20)19(10-14)15-7-6-12-4-3-5-13(12)8-15/h6-8,11,14H,3-5,9-10H2,1-2H3,(H,18,21)/t14-/m0/s1. The summed E-state index contributed by atoms with van der Waals surface area (Å²) in [5, 5.41) is 2.90. The van der Waals surface area contributed by atoms with Gasteiger partial charge >= 0.3 is 0 Å². The number of benzene rings is 1. The zero-order chi connectivity index (χ0) is 15.0. The minimum atomic E-state index is -0.229. The topological polar surface area (TPSA) is 49.4 Å². The Morgan fingerprint density at radius 1 is 1.29 bits per heavy atom. The molecular weight excluding hydrogens is 264 g/mol. The zero-order valence-electron chi connectivity index (χ0n) is 12.7. The van der Waals surface area contributed by atoms with Gasteiger partial charge in [-0.05, 0) is 56.4 Å². The predicted octanol–water partition coefficient (Wildman–Crippen LogP) is 2.05. The van der Waals surface area contributed by atoms with Gasteiger partial charge < -0.3 is 10.2 Å². The van der Waals surface area contributed by atoms with Gasteiger partial charge in [0.15, 0.2) is 0 Å². The molecule has 0 saturated carbocycles. The second kappa shape index (κ2) is 5.51. The largest absolute Gasteiger partial charge is 0.354 e. The molecule has 1 aliphatic carbocycles. The Labute approximate surface area is 125 Å². The molecule has 1 heterocycles. The van der Waals surface area contributed by atoms with Crippen molar-refractivity contribution < 1.29 is 9.59 Å². The molecule has 2 amide bonds. The highest BCUT2D eigenvalue weighted by atomic mass is 16.2. The molecule has 0 aromatic heterocycles. The van der Waals surface area contributed by atoms with E-state index in [9.17, 15) is 9.59 Å². The number of aryl methyl sites for hydroxylation is 2. The van der Waals surface area contributed by atoms with E-state index >= 15 is 0 Å². The molecule has 3 rings (SSSR count). The molecule has 1 aromatic rings. The summed E-state index contributed by atoms with van der Waals surface area (Å²) in [4.78, 5) is 26.1. The van der Waals surface area contributed by atoms with Crippen LogP contribution in [0.15, 0.2) is 18.2 Å². The van der Waals surface area contributed by atoms with Crippen molar-refractivity contribution in [1.29, 1.82) is 0 Å². The molecule has 4 heteroatoms. The summed E-state index contributed by atoms with van der Waals surface area (Å²) in [6.45, 7) is 4.37. The van der Waals surface area contributed by atoms with E-state index in [1.165, 1.54) is 17.5 Å². The second-order valence-corrected chi connectivity index (χ2v) is 6.38. The molecule has 1 atom stereocenters. The highest BCUT2D eigenvalue weighted by molar-refractivity contribution is 6.00. The summed E-state index contributed by atoms with van der Waals surface area (Å²) in [5.41, 5.74) is 3.70. The SMILES string of the molecule is CC(C)NC(=O)[C@H]1CC(=O)N(c2ccc3c(c2)CCC3)C1. The van der Waals surface area contributed by atoms with E-state index < -0.39 is 0 Å². The summed E-state index contributed by atoms with van der Waals surface area (Å²) >= 11 is 0. The average Bonchev–Trinajstić information content (AvgIpc) is 3.03. The summed E-state index contributed by atoms with van der Waals surface area (Å²) in [5.74, 6) is -0.188. The number of carbonyl (C=O) groups is 2. The van der Waals surface area contributed by atoms with Crippen LogP contribution in [-0.4, -0.2) is 24.4 Å². The van der Waals surface area contributed by atoms with Gasteiger partial charge in [-0.15, -0.1) is 0 Å². The third-order valence-corrected chi connectivity index (χ3v) is 4.32. The Kier molecular flexibility index (Phi) is 3.70. The predicted molar refractivity (Wildman–Crippen MR) is 82.2 cm³/mol. The van der Waals surface area contributed by atoms with Crippen molar-refractivity contribution in [3.8, 4) is 0 Å². The maximum absolute atomic E-state index is 12.2. The van der Waals surface area contributed by atoms with Crippen LogP contribution in [0, 0.1) is 5.92 Å². The first kappa shape index (κ1) is 14.1. The Morgan fingerprint density at radius 2 is 2.05 bits per heavy atom. The van der Waals surface area contributed by atoms with Crippen LogP contribution in [0.5, 0.6) is 0 Å². The lowest BCUT2D eigenvalue weighted by Gasteiger charge is -2.18. The highest BCUT2D eigenvalue weighted by Gasteiger charge is 2.35. The second-order valence-electron chi connectivity index (χ2n) is 6.38. The molecule has 1 N–H and O–H groups in total. The Hall–Kier alpha value is -1.84. The van der Waals surface area contributed by atoms with Crippen LogP contribution in [0.1, 0.15) is 37.8 Å². The first-order valence-corrected chi connectivity index (χ1v) is 7.77. The number of nitrogens with zero attached hydrogens (tertiary/aromatic N) is 1. The van der Waals surface area contributed by atoms with Crippen molar-refractivity contribution in [2.75, 3.05) is 11.4 Å². The van der Waals surface area contributed by atoms with E-state index in [4.69, 9.17) is 0 Å². The van der Waals surface area contributed by atoms with E-state index in [0.29, 0.717) is 13.0 Å². The maximum Gasteiger partial charge on any atom is 0.227 e. The highest BCUT2D eigenvalue weighted by Crippen LogP contribution is 2.30. The third-order valence-electron chi connectivity index (χ3n) is 4.32. The van der Waals surface area contributed by atoms with Crippen LogP contribution in [-0.2, 0) is 22.4 Å². The molecule has 1 saturated heterocycles. The van der Waals surface area contributed by atoms with E-state index in [-0.39, 0.29) is 23.8 Å². The van der Waals surface area contributed by atoms with Crippen molar-refractivity contribution in [3.05, 3.63) is 29.3 Å². The fourth-order valence-electron chi connectivity index (χ4n) is 3.26. The van der Waals surface area contributed by atoms with Crippen LogP contribution in [0.25, 0.3) is 0 Å². The van der Waals surface area contributed by atoms with E-state index in [1.54, 1.807) is 4.90 Å². The van der Waals surface area contributed by atoms with Crippen molar-refractivity contribution in [1.82, 2.24) is 5.32 Å². The quantitative estimate of drug-likeness (QED) is 0.924. The van der Waals surface area contributed by atoms with Gasteiger partial charge in [0.2, 0.25) is 11.8 Å². The van der Waals surface area contributed by atoms with Crippen molar-refractivity contribution in [3.63, 3.8) is 0 Å². The molecule has 1 fully saturated rings. The van der Waals surface area contributed by atoms with E-state index in [0.717, 1.165) is 18.5 Å². The minimum absolute atomic E-state index is 0.0120. The number of hydrogen-bond donors (Lipinski definition) is 1. The first-order chi connectivity index (χ1) is 10.0. The molecular formula is C17H22N2O2. The van der Waals surface area contributed by atoms with Gasteiger partial charge in [-0.25, -0.2) is 0 Å². The Bertz CT molecular complexity index is 580. The molecule has 4 nitrogen and oxygen atoms in total. The molecule has 0 radical (unpaired) electrons. The van der Waals surface area contributed by atoms with Gasteiger partial charge in [0.25, 0.3) is 0 Å². The van der Waals surface area contributed by atoms with E-state index in [2.05, 4.69) is 17.4 Å². The molecule has 2 aliphatic rings. The van der Waals surface area contributed by atoms with E-state index in [1.807, 2.05) is 19.9 Å². The lowest BCUT2D eigenvalue weighted by molar-refractivity contribution is -0.126. The lowest BCUT2D eigenvalue weighted by Crippen LogP contribution is -2.36.